The van der Waals surface area contributed by atoms with Gasteiger partial charge in [0.25, 0.3) is 0 Å². The maximum Gasteiger partial charge on any atom is 0.177 e. The topological polar surface area (TPSA) is 21.3 Å². The Labute approximate surface area is 133 Å². The first kappa shape index (κ1) is 15.3. The zero-order chi connectivity index (χ0) is 15.5. The summed E-state index contributed by atoms with van der Waals surface area (Å²) in [7, 11) is 0. The van der Waals surface area contributed by atoms with Gasteiger partial charge in [0.2, 0.25) is 0 Å². The van der Waals surface area contributed by atoms with Gasteiger partial charge in [-0.3, -0.25) is 0 Å². The van der Waals surface area contributed by atoms with Crippen LogP contribution in [0.5, 0.6) is 5.75 Å². The maximum atomic E-state index is 14.0. The molecular weight excluding hydrogens is 308 g/mol. The van der Waals surface area contributed by atoms with Crippen LogP contribution >= 0.6 is 11.6 Å². The molecule has 0 aliphatic carbocycles. The molecule has 1 N–H and O–H groups in total. The lowest BCUT2D eigenvalue weighted by molar-refractivity contribution is 0.138. The van der Waals surface area contributed by atoms with Crippen molar-refractivity contribution >= 4 is 11.6 Å². The molecule has 2 nitrogen and oxygen atoms in total. The molecule has 0 saturated carbocycles. The average Bonchev–Trinajstić information content (AvgIpc) is 3.06. The van der Waals surface area contributed by atoms with Crippen LogP contribution in [0, 0.1) is 17.6 Å². The molecule has 0 aromatic heterocycles. The highest BCUT2D eigenvalue weighted by Gasteiger charge is 2.29. The molecule has 1 aliphatic heterocycles. The van der Waals surface area contributed by atoms with E-state index in [1.165, 1.54) is 0 Å². The van der Waals surface area contributed by atoms with Crippen LogP contribution in [0.15, 0.2) is 42.5 Å². The first-order valence-corrected chi connectivity index (χ1v) is 7.60. The Morgan fingerprint density at radius 2 is 1.82 bits per heavy atom. The van der Waals surface area contributed by atoms with Gasteiger partial charge < -0.3 is 10.1 Å². The second kappa shape index (κ2) is 6.63. The maximum absolute atomic E-state index is 14.0. The molecule has 1 heterocycles. The lowest BCUT2D eigenvalue weighted by Gasteiger charge is -2.25. The van der Waals surface area contributed by atoms with Crippen molar-refractivity contribution in [3.8, 4) is 5.75 Å². The van der Waals surface area contributed by atoms with Crippen LogP contribution in [0.25, 0.3) is 0 Å². The molecule has 0 unspecified atom stereocenters. The normalized spacial score (nSPS) is 19.1. The minimum Gasteiger partial charge on any atom is -0.481 e. The highest BCUT2D eigenvalue weighted by molar-refractivity contribution is 6.32. The predicted molar refractivity (Wildman–Crippen MR) is 82.2 cm³/mol. The fourth-order valence-corrected chi connectivity index (χ4v) is 2.96. The molecule has 116 valence electrons. The minimum atomic E-state index is -0.686. The predicted octanol–water partition coefficient (Wildman–Crippen LogP) is 4.35. The van der Waals surface area contributed by atoms with Gasteiger partial charge in [0.05, 0.1) is 0 Å². The summed E-state index contributed by atoms with van der Waals surface area (Å²) in [5.74, 6) is -1.38. The summed E-state index contributed by atoms with van der Waals surface area (Å²) in [5, 5.41) is 2.96. The fourth-order valence-electron chi connectivity index (χ4n) is 2.76. The van der Waals surface area contributed by atoms with E-state index in [-0.39, 0.29) is 22.8 Å². The van der Waals surface area contributed by atoms with Gasteiger partial charge in [-0.15, -0.1) is 0 Å². The molecule has 1 aliphatic rings. The number of halogens is 3. The molecule has 2 aromatic carbocycles. The van der Waals surface area contributed by atoms with Crippen LogP contribution in [-0.2, 0) is 0 Å². The second-order valence-corrected chi connectivity index (χ2v) is 5.75. The monoisotopic (exact) mass is 323 g/mol. The molecule has 22 heavy (non-hydrogen) atoms. The molecule has 2 atom stereocenters. The van der Waals surface area contributed by atoms with Crippen molar-refractivity contribution < 1.29 is 13.5 Å². The van der Waals surface area contributed by atoms with Crippen molar-refractivity contribution in [2.45, 2.75) is 12.5 Å². The number of hydrogen-bond acceptors (Lipinski definition) is 2. The van der Waals surface area contributed by atoms with Gasteiger partial charge in [0.15, 0.2) is 11.6 Å². The first-order chi connectivity index (χ1) is 10.7. The Hall–Kier alpha value is -1.65. The van der Waals surface area contributed by atoms with E-state index >= 15 is 0 Å². The lowest BCUT2D eigenvalue weighted by atomic mass is 9.95. The van der Waals surface area contributed by atoms with E-state index in [2.05, 4.69) is 5.32 Å². The quantitative estimate of drug-likeness (QED) is 0.845. The number of benzene rings is 2. The van der Waals surface area contributed by atoms with Gasteiger partial charge in [-0.25, -0.2) is 8.78 Å². The molecule has 3 rings (SSSR count). The van der Waals surface area contributed by atoms with E-state index in [1.807, 2.05) is 30.3 Å². The van der Waals surface area contributed by atoms with Gasteiger partial charge >= 0.3 is 0 Å². The van der Waals surface area contributed by atoms with Gasteiger partial charge in [0, 0.05) is 12.5 Å². The highest BCUT2D eigenvalue weighted by Crippen LogP contribution is 2.37. The molecule has 0 radical (unpaired) electrons. The van der Waals surface area contributed by atoms with Crippen LogP contribution in [0.3, 0.4) is 0 Å². The summed E-state index contributed by atoms with van der Waals surface area (Å²) in [4.78, 5) is 0. The molecule has 0 bridgehead atoms. The van der Waals surface area contributed by atoms with Gasteiger partial charge in [-0.2, -0.15) is 0 Å². The van der Waals surface area contributed by atoms with E-state index in [1.54, 1.807) is 0 Å². The van der Waals surface area contributed by atoms with Gasteiger partial charge in [-0.05, 0) is 30.7 Å². The third-order valence-corrected chi connectivity index (χ3v) is 4.25. The van der Waals surface area contributed by atoms with E-state index < -0.39 is 11.6 Å². The first-order valence-electron chi connectivity index (χ1n) is 7.22. The Morgan fingerprint density at radius 1 is 1.09 bits per heavy atom. The summed E-state index contributed by atoms with van der Waals surface area (Å²) < 4.78 is 33.4. The Bertz CT molecular complexity index is 645. The summed E-state index contributed by atoms with van der Waals surface area (Å²) in [6, 6.07) is 11.6. The molecule has 0 amide bonds. The second-order valence-electron chi connectivity index (χ2n) is 5.37. The van der Waals surface area contributed by atoms with Crippen LogP contribution in [0.4, 0.5) is 8.78 Å². The number of rotatable bonds is 4. The lowest BCUT2D eigenvalue weighted by Crippen LogP contribution is -2.22. The Morgan fingerprint density at radius 3 is 2.50 bits per heavy atom. The molecule has 5 heteroatoms. The third-order valence-electron chi connectivity index (χ3n) is 3.90. The summed E-state index contributed by atoms with van der Waals surface area (Å²) in [5.41, 5.74) is 0.927. The van der Waals surface area contributed by atoms with Crippen molar-refractivity contribution in [3.63, 3.8) is 0 Å². The molecule has 0 spiro atoms. The minimum absolute atomic E-state index is 0.182. The zero-order valence-electron chi connectivity index (χ0n) is 11.9. The number of nitrogens with one attached hydrogen (secondary N) is 1. The molecular formula is C17H16ClF2NO. The molecule has 1 saturated heterocycles. The largest absolute Gasteiger partial charge is 0.481 e. The van der Waals surface area contributed by atoms with E-state index in [9.17, 15) is 8.78 Å². The summed E-state index contributed by atoms with van der Waals surface area (Å²) >= 11 is 5.88. The average molecular weight is 324 g/mol. The summed E-state index contributed by atoms with van der Waals surface area (Å²) in [6.45, 7) is 1.66. The number of hydrogen-bond donors (Lipinski definition) is 1. The smallest absolute Gasteiger partial charge is 0.177 e. The SMILES string of the molecule is Fc1ccc(F)c(O[C@@H](c2ccccc2)[C@@H]2CCNC2)c1Cl. The van der Waals surface area contributed by atoms with E-state index in [0.29, 0.717) is 0 Å². The fraction of sp³-hybridized carbons (Fsp3) is 0.294. The van der Waals surface area contributed by atoms with Crippen molar-refractivity contribution in [1.82, 2.24) is 5.32 Å². The third kappa shape index (κ3) is 3.08. The Balaban J connectivity index is 1.95. The van der Waals surface area contributed by atoms with Crippen molar-refractivity contribution in [2.24, 2.45) is 5.92 Å². The molecule has 2 aromatic rings. The zero-order valence-corrected chi connectivity index (χ0v) is 12.6. The Kier molecular flexibility index (Phi) is 4.60. The van der Waals surface area contributed by atoms with Crippen LogP contribution in [-0.4, -0.2) is 13.1 Å². The highest BCUT2D eigenvalue weighted by atomic mass is 35.5. The van der Waals surface area contributed by atoms with Crippen LogP contribution < -0.4 is 10.1 Å². The van der Waals surface area contributed by atoms with E-state index in [0.717, 1.165) is 37.2 Å². The molecule has 1 fully saturated rings. The van der Waals surface area contributed by atoms with Crippen LogP contribution in [0.2, 0.25) is 5.02 Å². The van der Waals surface area contributed by atoms with Gasteiger partial charge in [0.1, 0.15) is 16.9 Å². The van der Waals surface area contributed by atoms with Crippen molar-refractivity contribution in [3.05, 3.63) is 64.7 Å². The summed E-state index contributed by atoms with van der Waals surface area (Å²) in [6.07, 6.45) is 0.540. The van der Waals surface area contributed by atoms with Crippen molar-refractivity contribution in [2.75, 3.05) is 13.1 Å². The van der Waals surface area contributed by atoms with E-state index in [4.69, 9.17) is 16.3 Å². The van der Waals surface area contributed by atoms with Gasteiger partial charge in [-0.1, -0.05) is 41.9 Å². The standard InChI is InChI=1S/C17H16ClF2NO/c18-15-13(19)6-7-14(20)17(15)22-16(12-8-9-21-10-12)11-4-2-1-3-5-11/h1-7,12,16,21H,8-10H2/t12-,16+/m1/s1. The van der Waals surface area contributed by atoms with Crippen molar-refractivity contribution in [1.29, 1.82) is 0 Å². The number of ether oxygens (including phenoxy) is 1. The van der Waals surface area contributed by atoms with Crippen LogP contribution in [0.1, 0.15) is 18.1 Å².